The summed E-state index contributed by atoms with van der Waals surface area (Å²) in [6.45, 7) is 0. The summed E-state index contributed by atoms with van der Waals surface area (Å²) >= 11 is 0. The first-order chi connectivity index (χ1) is 8.95. The van der Waals surface area contributed by atoms with Crippen LogP contribution >= 0.6 is 0 Å². The molecular formula is C12H16N2O5. The van der Waals surface area contributed by atoms with Gasteiger partial charge in [0.25, 0.3) is 5.69 Å². The second-order valence-electron chi connectivity index (χ2n) is 4.70. The fourth-order valence-electron chi connectivity index (χ4n) is 2.04. The van der Waals surface area contributed by atoms with Crippen LogP contribution in [0.15, 0.2) is 12.1 Å². The topological polar surface area (TPSA) is 119 Å². The zero-order valence-electron chi connectivity index (χ0n) is 10.4. The molecule has 0 aliphatic heterocycles. The van der Waals surface area contributed by atoms with Crippen molar-refractivity contribution in [2.75, 3.05) is 7.11 Å². The first kappa shape index (κ1) is 13.6. The van der Waals surface area contributed by atoms with E-state index in [-0.39, 0.29) is 28.7 Å². The summed E-state index contributed by atoms with van der Waals surface area (Å²) in [6.07, 6.45) is 0.932. The molecule has 2 atom stereocenters. The molecule has 0 spiro atoms. The van der Waals surface area contributed by atoms with Crippen LogP contribution in [0.4, 0.5) is 5.69 Å². The smallest absolute Gasteiger partial charge is 0.273 e. The highest BCUT2D eigenvalue weighted by Crippen LogP contribution is 2.42. The van der Waals surface area contributed by atoms with Crippen LogP contribution in [0.1, 0.15) is 24.4 Å². The van der Waals surface area contributed by atoms with Crippen LogP contribution in [0.25, 0.3) is 0 Å². The van der Waals surface area contributed by atoms with Crippen molar-refractivity contribution in [2.45, 2.75) is 25.0 Å². The predicted molar refractivity (Wildman–Crippen MR) is 67.0 cm³/mol. The van der Waals surface area contributed by atoms with Gasteiger partial charge in [-0.3, -0.25) is 10.1 Å². The fourth-order valence-corrected chi connectivity index (χ4v) is 2.04. The van der Waals surface area contributed by atoms with Gasteiger partial charge in [0, 0.05) is 11.6 Å². The Morgan fingerprint density at radius 2 is 2.16 bits per heavy atom. The summed E-state index contributed by atoms with van der Waals surface area (Å²) in [6, 6.07) is 1.42. The Morgan fingerprint density at radius 1 is 1.53 bits per heavy atom. The largest absolute Gasteiger partial charge is 0.504 e. The third-order valence-electron chi connectivity index (χ3n) is 3.35. The Labute approximate surface area is 109 Å². The standard InChI is InChI=1S/C12H16N2O5/c1-19-9-5-7(14(17)18)4-8(12(9)16)10(13)11(15)6-2-3-6/h4-6,10-11,15-16H,2-3,13H2,1H3/t10-,11+/m0/s1. The maximum atomic E-state index is 10.8. The first-order valence-corrected chi connectivity index (χ1v) is 5.94. The minimum atomic E-state index is -0.874. The van der Waals surface area contributed by atoms with Gasteiger partial charge >= 0.3 is 0 Å². The molecule has 4 N–H and O–H groups in total. The van der Waals surface area contributed by atoms with Crippen LogP contribution in [0.2, 0.25) is 0 Å². The molecule has 7 heteroatoms. The third kappa shape index (κ3) is 2.61. The second kappa shape index (κ2) is 5.02. The van der Waals surface area contributed by atoms with E-state index in [1.807, 2.05) is 0 Å². The molecule has 0 aromatic heterocycles. The maximum absolute atomic E-state index is 10.8. The molecule has 0 heterocycles. The van der Waals surface area contributed by atoms with Crippen molar-refractivity contribution in [2.24, 2.45) is 11.7 Å². The number of hydrogen-bond acceptors (Lipinski definition) is 6. The molecule has 19 heavy (non-hydrogen) atoms. The second-order valence-corrected chi connectivity index (χ2v) is 4.70. The van der Waals surface area contributed by atoms with Gasteiger partial charge in [-0.25, -0.2) is 0 Å². The van der Waals surface area contributed by atoms with Crippen LogP contribution in [-0.4, -0.2) is 28.4 Å². The molecule has 2 rings (SSSR count). The summed E-state index contributed by atoms with van der Waals surface area (Å²) in [5, 5.41) is 30.8. The van der Waals surface area contributed by atoms with Crippen molar-refractivity contribution >= 4 is 5.69 Å². The number of aliphatic hydroxyl groups excluding tert-OH is 1. The lowest BCUT2D eigenvalue weighted by Crippen LogP contribution is -2.28. The number of ether oxygens (including phenoxy) is 1. The quantitative estimate of drug-likeness (QED) is 0.543. The SMILES string of the molecule is COc1cc([N+](=O)[O-])cc([C@H](N)[C@H](O)C2CC2)c1O. The Morgan fingerprint density at radius 3 is 2.63 bits per heavy atom. The molecule has 1 aliphatic carbocycles. The normalized spacial score (nSPS) is 17.8. The summed E-state index contributed by atoms with van der Waals surface area (Å²) < 4.78 is 4.89. The highest BCUT2D eigenvalue weighted by molar-refractivity contribution is 5.54. The number of phenolic OH excluding ortho intramolecular Hbond substituents is 1. The summed E-state index contributed by atoms with van der Waals surface area (Å²) in [5.41, 5.74) is 5.78. The number of methoxy groups -OCH3 is 1. The van der Waals surface area contributed by atoms with E-state index in [2.05, 4.69) is 0 Å². The number of hydrogen-bond donors (Lipinski definition) is 3. The lowest BCUT2D eigenvalue weighted by Gasteiger charge is -2.20. The molecule has 0 saturated heterocycles. The Balaban J connectivity index is 2.41. The van der Waals surface area contributed by atoms with Crippen molar-refractivity contribution < 1.29 is 19.9 Å². The predicted octanol–water partition coefficient (Wildman–Crippen LogP) is 1.08. The molecule has 104 valence electrons. The maximum Gasteiger partial charge on any atom is 0.273 e. The average Bonchev–Trinajstić information content (AvgIpc) is 3.21. The molecule has 7 nitrogen and oxygen atoms in total. The van der Waals surface area contributed by atoms with E-state index in [0.29, 0.717) is 0 Å². The lowest BCUT2D eigenvalue weighted by atomic mass is 9.97. The highest BCUT2D eigenvalue weighted by Gasteiger charge is 2.36. The van der Waals surface area contributed by atoms with Gasteiger partial charge in [0.05, 0.1) is 30.2 Å². The number of nitrogens with zero attached hydrogens (tertiary/aromatic N) is 1. The van der Waals surface area contributed by atoms with E-state index in [4.69, 9.17) is 10.5 Å². The zero-order valence-corrected chi connectivity index (χ0v) is 10.4. The van der Waals surface area contributed by atoms with E-state index >= 15 is 0 Å². The number of nitro groups is 1. The number of nitro benzene ring substituents is 1. The van der Waals surface area contributed by atoms with E-state index in [1.54, 1.807) is 0 Å². The van der Waals surface area contributed by atoms with Crippen molar-refractivity contribution in [3.63, 3.8) is 0 Å². The van der Waals surface area contributed by atoms with Gasteiger partial charge in [0.15, 0.2) is 11.5 Å². The average molecular weight is 268 g/mol. The third-order valence-corrected chi connectivity index (χ3v) is 3.35. The summed E-state index contributed by atoms with van der Waals surface area (Å²) in [5.74, 6) is -0.192. The highest BCUT2D eigenvalue weighted by atomic mass is 16.6. The van der Waals surface area contributed by atoms with E-state index in [1.165, 1.54) is 13.2 Å². The van der Waals surface area contributed by atoms with Crippen LogP contribution in [0.3, 0.4) is 0 Å². The molecule has 0 unspecified atom stereocenters. The van der Waals surface area contributed by atoms with Gasteiger partial charge in [0.2, 0.25) is 0 Å². The van der Waals surface area contributed by atoms with Gasteiger partial charge in [0.1, 0.15) is 0 Å². The number of benzene rings is 1. The van der Waals surface area contributed by atoms with Crippen molar-refractivity contribution in [3.8, 4) is 11.5 Å². The van der Waals surface area contributed by atoms with E-state index in [9.17, 15) is 20.3 Å². The first-order valence-electron chi connectivity index (χ1n) is 5.94. The molecule has 0 bridgehead atoms. The Kier molecular flexibility index (Phi) is 3.59. The Bertz CT molecular complexity index is 501. The van der Waals surface area contributed by atoms with Crippen molar-refractivity contribution in [1.82, 2.24) is 0 Å². The molecule has 1 aliphatic rings. The number of aromatic hydroxyl groups is 1. The van der Waals surface area contributed by atoms with E-state index in [0.717, 1.165) is 18.9 Å². The van der Waals surface area contributed by atoms with Gasteiger partial charge in [-0.1, -0.05) is 0 Å². The summed E-state index contributed by atoms with van der Waals surface area (Å²) in [4.78, 5) is 10.2. The molecular weight excluding hydrogens is 252 g/mol. The van der Waals surface area contributed by atoms with E-state index < -0.39 is 17.1 Å². The van der Waals surface area contributed by atoms with Gasteiger partial charge in [-0.15, -0.1) is 0 Å². The molecule has 0 radical (unpaired) electrons. The van der Waals surface area contributed by atoms with Gasteiger partial charge in [-0.05, 0) is 18.8 Å². The molecule has 1 aromatic carbocycles. The molecule has 1 saturated carbocycles. The number of nitrogens with two attached hydrogens (primary N) is 1. The number of phenols is 1. The van der Waals surface area contributed by atoms with Crippen molar-refractivity contribution in [3.05, 3.63) is 27.8 Å². The monoisotopic (exact) mass is 268 g/mol. The minimum absolute atomic E-state index is 0.0253. The number of aliphatic hydroxyl groups is 1. The van der Waals surface area contributed by atoms with Crippen LogP contribution in [0.5, 0.6) is 11.5 Å². The van der Waals surface area contributed by atoms with Gasteiger partial charge < -0.3 is 20.7 Å². The zero-order chi connectivity index (χ0) is 14.2. The van der Waals surface area contributed by atoms with Crippen LogP contribution in [-0.2, 0) is 0 Å². The fraction of sp³-hybridized carbons (Fsp3) is 0.500. The number of rotatable bonds is 5. The van der Waals surface area contributed by atoms with Gasteiger partial charge in [-0.2, -0.15) is 0 Å². The minimum Gasteiger partial charge on any atom is -0.504 e. The number of non-ortho nitro benzene ring substituents is 1. The van der Waals surface area contributed by atoms with Crippen LogP contribution < -0.4 is 10.5 Å². The molecule has 1 aromatic rings. The summed E-state index contributed by atoms with van der Waals surface area (Å²) in [7, 11) is 1.30. The lowest BCUT2D eigenvalue weighted by molar-refractivity contribution is -0.385. The molecule has 0 amide bonds. The van der Waals surface area contributed by atoms with Crippen molar-refractivity contribution in [1.29, 1.82) is 0 Å². The van der Waals surface area contributed by atoms with Crippen LogP contribution in [0, 0.1) is 16.0 Å². The Hall–Kier alpha value is -1.86. The molecule has 1 fully saturated rings.